The second-order valence-electron chi connectivity index (χ2n) is 11.1. The van der Waals surface area contributed by atoms with Gasteiger partial charge in [-0.25, -0.2) is 8.42 Å². The molecule has 1 N–H and O–H groups in total. The standard InChI is InChI=1S/C34H43N3O5S/c1-5-32(34(39)35-28-13-9-10-14-28)36(23-27-12-8-7-11-26(27)4)33(38)24-37(29-17-19-30(20-18-29)42-6-2)43(40,41)31-21-15-25(3)16-22-31/h7-8,11-12,15-22,28,32H,5-6,9-10,13-14,23-24H2,1-4H3,(H,35,39). The Morgan fingerprint density at radius 1 is 0.930 bits per heavy atom. The summed E-state index contributed by atoms with van der Waals surface area (Å²) in [5.74, 6) is -0.0624. The molecule has 1 saturated carbocycles. The number of carbonyl (C=O) groups is 2. The van der Waals surface area contributed by atoms with Crippen LogP contribution in [0.5, 0.6) is 5.75 Å². The lowest BCUT2D eigenvalue weighted by Crippen LogP contribution is -2.53. The van der Waals surface area contributed by atoms with Gasteiger partial charge in [-0.2, -0.15) is 0 Å². The number of amides is 2. The molecule has 0 aromatic heterocycles. The summed E-state index contributed by atoms with van der Waals surface area (Å²) in [5.41, 5.74) is 3.14. The summed E-state index contributed by atoms with van der Waals surface area (Å²) in [7, 11) is -4.13. The van der Waals surface area contributed by atoms with E-state index in [2.05, 4.69) is 5.32 Å². The van der Waals surface area contributed by atoms with Crippen LogP contribution < -0.4 is 14.4 Å². The number of benzene rings is 3. The monoisotopic (exact) mass is 605 g/mol. The maximum Gasteiger partial charge on any atom is 0.264 e. The number of sulfonamides is 1. The Labute approximate surface area is 256 Å². The summed E-state index contributed by atoms with van der Waals surface area (Å²) in [6.45, 7) is 7.79. The smallest absolute Gasteiger partial charge is 0.264 e. The highest BCUT2D eigenvalue weighted by Gasteiger charge is 2.34. The van der Waals surface area contributed by atoms with E-state index < -0.39 is 28.5 Å². The van der Waals surface area contributed by atoms with Crippen LogP contribution in [0.2, 0.25) is 0 Å². The first-order valence-electron chi connectivity index (χ1n) is 15.1. The van der Waals surface area contributed by atoms with E-state index >= 15 is 0 Å². The fraction of sp³-hybridized carbons (Fsp3) is 0.412. The highest BCUT2D eigenvalue weighted by molar-refractivity contribution is 7.92. The first-order valence-corrected chi connectivity index (χ1v) is 16.5. The average molecular weight is 606 g/mol. The lowest BCUT2D eigenvalue weighted by molar-refractivity contribution is -0.140. The van der Waals surface area contributed by atoms with Gasteiger partial charge in [-0.1, -0.05) is 61.7 Å². The van der Waals surface area contributed by atoms with Crippen LogP contribution in [0, 0.1) is 13.8 Å². The number of anilines is 1. The van der Waals surface area contributed by atoms with E-state index in [1.807, 2.05) is 52.0 Å². The van der Waals surface area contributed by atoms with Crippen LogP contribution in [0.15, 0.2) is 77.7 Å². The average Bonchev–Trinajstić information content (AvgIpc) is 3.50. The van der Waals surface area contributed by atoms with Gasteiger partial charge in [0.05, 0.1) is 17.2 Å². The summed E-state index contributed by atoms with van der Waals surface area (Å²) in [5, 5.41) is 3.15. The molecule has 1 fully saturated rings. The Balaban J connectivity index is 1.72. The predicted octanol–water partition coefficient (Wildman–Crippen LogP) is 5.76. The number of rotatable bonds is 13. The number of nitrogens with one attached hydrogen (secondary N) is 1. The molecule has 1 aliphatic rings. The molecule has 3 aromatic carbocycles. The van der Waals surface area contributed by atoms with Crippen LogP contribution in [0.4, 0.5) is 5.69 Å². The Bertz CT molecular complexity index is 1480. The summed E-state index contributed by atoms with van der Waals surface area (Å²) in [6, 6.07) is 20.3. The largest absolute Gasteiger partial charge is 0.494 e. The molecule has 9 heteroatoms. The van der Waals surface area contributed by atoms with Crippen molar-refractivity contribution in [3.8, 4) is 5.75 Å². The van der Waals surface area contributed by atoms with Crippen LogP contribution in [0.1, 0.15) is 62.6 Å². The third-order valence-electron chi connectivity index (χ3n) is 8.01. The zero-order valence-electron chi connectivity index (χ0n) is 25.6. The van der Waals surface area contributed by atoms with Gasteiger partial charge in [0.15, 0.2) is 0 Å². The van der Waals surface area contributed by atoms with E-state index in [4.69, 9.17) is 4.74 Å². The Hall–Kier alpha value is -3.85. The van der Waals surface area contributed by atoms with E-state index in [1.54, 1.807) is 53.4 Å². The van der Waals surface area contributed by atoms with Crippen molar-refractivity contribution in [1.29, 1.82) is 0 Å². The van der Waals surface area contributed by atoms with Gasteiger partial charge in [-0.15, -0.1) is 0 Å². The lowest BCUT2D eigenvalue weighted by Gasteiger charge is -2.34. The van der Waals surface area contributed by atoms with Crippen molar-refractivity contribution in [3.63, 3.8) is 0 Å². The molecule has 1 aliphatic carbocycles. The second-order valence-corrected chi connectivity index (χ2v) is 13.0. The molecular formula is C34H43N3O5S. The molecule has 1 atom stereocenters. The maximum absolute atomic E-state index is 14.3. The third kappa shape index (κ3) is 7.96. The Kier molecular flexibility index (Phi) is 10.9. The molecule has 4 rings (SSSR count). The van der Waals surface area contributed by atoms with Gasteiger partial charge >= 0.3 is 0 Å². The Morgan fingerprint density at radius 2 is 1.58 bits per heavy atom. The second kappa shape index (κ2) is 14.6. The number of nitrogens with zero attached hydrogens (tertiary/aromatic N) is 2. The molecule has 8 nitrogen and oxygen atoms in total. The summed E-state index contributed by atoms with van der Waals surface area (Å²) in [4.78, 5) is 29.5. The van der Waals surface area contributed by atoms with E-state index in [0.717, 1.165) is 46.7 Å². The Morgan fingerprint density at radius 3 is 2.19 bits per heavy atom. The van der Waals surface area contributed by atoms with Crippen LogP contribution in [0.3, 0.4) is 0 Å². The molecule has 0 aliphatic heterocycles. The van der Waals surface area contributed by atoms with Crippen molar-refractivity contribution in [2.75, 3.05) is 17.5 Å². The molecule has 2 amide bonds. The number of aryl methyl sites for hydroxylation is 2. The minimum absolute atomic E-state index is 0.0799. The fourth-order valence-electron chi connectivity index (χ4n) is 5.50. The zero-order valence-corrected chi connectivity index (χ0v) is 26.4. The van der Waals surface area contributed by atoms with E-state index in [9.17, 15) is 18.0 Å². The fourth-order valence-corrected chi connectivity index (χ4v) is 6.91. The van der Waals surface area contributed by atoms with Gasteiger partial charge in [0, 0.05) is 12.6 Å². The first kappa shape index (κ1) is 32.1. The van der Waals surface area contributed by atoms with Gasteiger partial charge in [0.25, 0.3) is 10.0 Å². The SMILES string of the molecule is CCOc1ccc(N(CC(=O)N(Cc2ccccc2C)C(CC)C(=O)NC2CCCC2)S(=O)(=O)c2ccc(C)cc2)cc1. The molecule has 230 valence electrons. The van der Waals surface area contributed by atoms with E-state index in [0.29, 0.717) is 24.5 Å². The van der Waals surface area contributed by atoms with Crippen LogP contribution in [-0.2, 0) is 26.2 Å². The number of carbonyl (C=O) groups excluding carboxylic acids is 2. The van der Waals surface area contributed by atoms with Crippen LogP contribution >= 0.6 is 0 Å². The van der Waals surface area contributed by atoms with Gasteiger partial charge < -0.3 is 15.0 Å². The van der Waals surface area contributed by atoms with Crippen molar-refractivity contribution in [2.24, 2.45) is 0 Å². The molecule has 1 unspecified atom stereocenters. The maximum atomic E-state index is 14.3. The van der Waals surface area contributed by atoms with Gasteiger partial charge in [-0.05, 0) is 87.6 Å². The van der Waals surface area contributed by atoms with E-state index in [1.165, 1.54) is 0 Å². The topological polar surface area (TPSA) is 96.0 Å². The molecule has 0 bridgehead atoms. The van der Waals surface area contributed by atoms with Crippen LogP contribution in [-0.4, -0.2) is 50.4 Å². The molecule has 0 heterocycles. The summed E-state index contributed by atoms with van der Waals surface area (Å²) >= 11 is 0. The van der Waals surface area contributed by atoms with Crippen molar-refractivity contribution in [2.45, 2.75) is 83.3 Å². The van der Waals surface area contributed by atoms with Crippen molar-refractivity contribution < 1.29 is 22.7 Å². The number of hydrogen-bond donors (Lipinski definition) is 1. The van der Waals surface area contributed by atoms with E-state index in [-0.39, 0.29) is 23.4 Å². The third-order valence-corrected chi connectivity index (χ3v) is 9.80. The molecular weight excluding hydrogens is 562 g/mol. The normalized spacial score (nSPS) is 14.2. The van der Waals surface area contributed by atoms with Crippen molar-refractivity contribution >= 4 is 27.5 Å². The van der Waals surface area contributed by atoms with Crippen molar-refractivity contribution in [1.82, 2.24) is 10.2 Å². The van der Waals surface area contributed by atoms with Gasteiger partial charge in [0.2, 0.25) is 11.8 Å². The molecule has 0 saturated heterocycles. The van der Waals surface area contributed by atoms with Gasteiger partial charge in [-0.3, -0.25) is 13.9 Å². The number of hydrogen-bond acceptors (Lipinski definition) is 5. The molecule has 0 radical (unpaired) electrons. The summed E-state index contributed by atoms with van der Waals surface area (Å²) < 4.78 is 34.8. The van der Waals surface area contributed by atoms with Gasteiger partial charge in [0.1, 0.15) is 18.3 Å². The summed E-state index contributed by atoms with van der Waals surface area (Å²) in [6.07, 6.45) is 4.38. The highest BCUT2D eigenvalue weighted by Crippen LogP contribution is 2.27. The predicted molar refractivity (Wildman–Crippen MR) is 170 cm³/mol. The highest BCUT2D eigenvalue weighted by atomic mass is 32.2. The lowest BCUT2D eigenvalue weighted by atomic mass is 10.1. The minimum atomic E-state index is -4.13. The van der Waals surface area contributed by atoms with Crippen LogP contribution in [0.25, 0.3) is 0 Å². The first-order chi connectivity index (χ1) is 20.6. The van der Waals surface area contributed by atoms with Crippen molar-refractivity contribution in [3.05, 3.63) is 89.5 Å². The zero-order chi connectivity index (χ0) is 31.0. The quantitative estimate of drug-likeness (QED) is 0.267. The number of ether oxygens (including phenoxy) is 1. The minimum Gasteiger partial charge on any atom is -0.494 e. The molecule has 0 spiro atoms. The molecule has 3 aromatic rings. The molecule has 43 heavy (non-hydrogen) atoms.